The molecule has 7 nitrogen and oxygen atoms in total. The Kier molecular flexibility index (Phi) is 4.93. The van der Waals surface area contributed by atoms with Gasteiger partial charge in [-0.15, -0.1) is 5.10 Å². The summed E-state index contributed by atoms with van der Waals surface area (Å²) >= 11 is 0. The minimum atomic E-state index is -0.293. The van der Waals surface area contributed by atoms with Crippen molar-refractivity contribution in [1.82, 2.24) is 20.3 Å². The number of nitrogens with one attached hydrogen (secondary N) is 2. The zero-order valence-electron chi connectivity index (χ0n) is 15.0. The van der Waals surface area contributed by atoms with Crippen LogP contribution in [-0.4, -0.2) is 40.0 Å². The summed E-state index contributed by atoms with van der Waals surface area (Å²) < 4.78 is 1.13. The summed E-state index contributed by atoms with van der Waals surface area (Å²) in [5.74, 6) is -0.201. The molecule has 0 saturated carbocycles. The largest absolute Gasteiger partial charge is 0.346 e. The molecule has 1 fully saturated rings. The quantitative estimate of drug-likeness (QED) is 0.655. The summed E-state index contributed by atoms with van der Waals surface area (Å²) in [6, 6.07) is 17.5. The first-order valence-corrected chi connectivity index (χ1v) is 9.18. The molecule has 2 aromatic carbocycles. The molecule has 7 heteroatoms. The monoisotopic (exact) mass is 364 g/mol. The molecule has 1 saturated heterocycles. The number of fused-ring (bicyclic) bond motifs is 1. The first-order chi connectivity index (χ1) is 13.2. The van der Waals surface area contributed by atoms with Gasteiger partial charge in [0, 0.05) is 12.0 Å². The molecule has 1 aromatic heterocycles. The smallest absolute Gasteiger partial charge is 0.278 e. The molecule has 1 aliphatic rings. The number of quaternary nitrogens is 1. The SMILES string of the molecule is O=C(Cn1nnc2ccccc2c1=O)N[C@@H]1CC[NH+](Cc2ccccc2)C1. The van der Waals surface area contributed by atoms with Crippen molar-refractivity contribution in [3.63, 3.8) is 0 Å². The average Bonchev–Trinajstić information content (AvgIpc) is 3.11. The van der Waals surface area contributed by atoms with Gasteiger partial charge in [-0.1, -0.05) is 47.7 Å². The second kappa shape index (κ2) is 7.67. The van der Waals surface area contributed by atoms with E-state index >= 15 is 0 Å². The lowest BCUT2D eigenvalue weighted by molar-refractivity contribution is -0.901. The van der Waals surface area contributed by atoms with Crippen LogP contribution in [0.1, 0.15) is 12.0 Å². The van der Waals surface area contributed by atoms with Crippen molar-refractivity contribution in [3.8, 4) is 0 Å². The molecule has 3 aromatic rings. The van der Waals surface area contributed by atoms with Gasteiger partial charge in [0.1, 0.15) is 18.6 Å². The Morgan fingerprint density at radius 3 is 2.78 bits per heavy atom. The van der Waals surface area contributed by atoms with Gasteiger partial charge in [-0.25, -0.2) is 4.68 Å². The third kappa shape index (κ3) is 4.03. The number of aromatic nitrogens is 3. The van der Waals surface area contributed by atoms with E-state index in [1.165, 1.54) is 10.5 Å². The molecule has 2 atom stereocenters. The highest BCUT2D eigenvalue weighted by molar-refractivity contribution is 5.78. The number of hydrogen-bond donors (Lipinski definition) is 2. The summed E-state index contributed by atoms with van der Waals surface area (Å²) in [6.45, 7) is 2.76. The van der Waals surface area contributed by atoms with E-state index in [1.807, 2.05) is 18.2 Å². The third-order valence-corrected chi connectivity index (χ3v) is 4.97. The summed E-state index contributed by atoms with van der Waals surface area (Å²) in [4.78, 5) is 26.3. The van der Waals surface area contributed by atoms with Crippen LogP contribution in [0.15, 0.2) is 59.4 Å². The Bertz CT molecular complexity index is 1000. The first-order valence-electron chi connectivity index (χ1n) is 9.18. The Morgan fingerprint density at radius 2 is 1.93 bits per heavy atom. The maximum Gasteiger partial charge on any atom is 0.278 e. The van der Waals surface area contributed by atoms with Gasteiger partial charge < -0.3 is 10.2 Å². The van der Waals surface area contributed by atoms with Gasteiger partial charge >= 0.3 is 0 Å². The zero-order chi connectivity index (χ0) is 18.6. The fourth-order valence-electron chi connectivity index (χ4n) is 3.64. The van der Waals surface area contributed by atoms with Crippen LogP contribution in [0.25, 0.3) is 10.9 Å². The average molecular weight is 364 g/mol. The van der Waals surface area contributed by atoms with E-state index in [4.69, 9.17) is 0 Å². The fourth-order valence-corrected chi connectivity index (χ4v) is 3.64. The van der Waals surface area contributed by atoms with Gasteiger partial charge in [-0.05, 0) is 12.1 Å². The van der Waals surface area contributed by atoms with Gasteiger partial charge in [0.05, 0.1) is 24.5 Å². The van der Waals surface area contributed by atoms with Crippen LogP contribution < -0.4 is 15.8 Å². The lowest BCUT2D eigenvalue weighted by atomic mass is 10.2. The minimum absolute atomic E-state index is 0.110. The molecule has 27 heavy (non-hydrogen) atoms. The Morgan fingerprint density at radius 1 is 1.15 bits per heavy atom. The third-order valence-electron chi connectivity index (χ3n) is 4.97. The highest BCUT2D eigenvalue weighted by Crippen LogP contribution is 2.03. The van der Waals surface area contributed by atoms with Gasteiger partial charge in [-0.2, -0.15) is 0 Å². The maximum absolute atomic E-state index is 12.4. The van der Waals surface area contributed by atoms with Crippen LogP contribution in [0.4, 0.5) is 0 Å². The van der Waals surface area contributed by atoms with Crippen molar-refractivity contribution in [1.29, 1.82) is 0 Å². The summed E-state index contributed by atoms with van der Waals surface area (Å²) in [5, 5.41) is 11.4. The van der Waals surface area contributed by atoms with Crippen molar-refractivity contribution >= 4 is 16.8 Å². The van der Waals surface area contributed by atoms with Crippen molar-refractivity contribution in [2.24, 2.45) is 0 Å². The Labute approximate surface area is 156 Å². The number of amides is 1. The number of benzene rings is 2. The van der Waals surface area contributed by atoms with E-state index in [0.29, 0.717) is 10.9 Å². The molecule has 1 unspecified atom stereocenters. The molecule has 0 spiro atoms. The topological polar surface area (TPSA) is 81.3 Å². The van der Waals surface area contributed by atoms with Crippen LogP contribution in [0.2, 0.25) is 0 Å². The summed E-state index contributed by atoms with van der Waals surface area (Å²) in [5.41, 5.74) is 1.55. The summed E-state index contributed by atoms with van der Waals surface area (Å²) in [6.07, 6.45) is 0.937. The number of carbonyl (C=O) groups is 1. The lowest BCUT2D eigenvalue weighted by Gasteiger charge is -2.14. The number of nitrogens with zero attached hydrogens (tertiary/aromatic N) is 3. The molecule has 1 amide bonds. The normalized spacial score (nSPS) is 19.3. The van der Waals surface area contributed by atoms with E-state index in [2.05, 4.69) is 27.8 Å². The number of carbonyl (C=O) groups excluding carboxylic acids is 1. The van der Waals surface area contributed by atoms with Crippen LogP contribution in [0, 0.1) is 0 Å². The van der Waals surface area contributed by atoms with Gasteiger partial charge in [0.25, 0.3) is 5.56 Å². The van der Waals surface area contributed by atoms with Crippen LogP contribution in [-0.2, 0) is 17.9 Å². The van der Waals surface area contributed by atoms with Crippen molar-refractivity contribution in [2.75, 3.05) is 13.1 Å². The van der Waals surface area contributed by atoms with Gasteiger partial charge in [-0.3, -0.25) is 9.59 Å². The molecule has 2 heterocycles. The highest BCUT2D eigenvalue weighted by Gasteiger charge is 2.27. The highest BCUT2D eigenvalue weighted by atomic mass is 16.2. The van der Waals surface area contributed by atoms with Crippen molar-refractivity contribution < 1.29 is 9.69 Å². The molecule has 0 aliphatic carbocycles. The number of likely N-dealkylation sites (tertiary alicyclic amines) is 1. The number of hydrogen-bond acceptors (Lipinski definition) is 4. The molecule has 1 aliphatic heterocycles. The zero-order valence-corrected chi connectivity index (χ0v) is 15.0. The maximum atomic E-state index is 12.4. The second-order valence-corrected chi connectivity index (χ2v) is 6.99. The number of rotatable bonds is 5. The predicted molar refractivity (Wildman–Crippen MR) is 101 cm³/mol. The Balaban J connectivity index is 1.35. The van der Waals surface area contributed by atoms with Crippen LogP contribution in [0.3, 0.4) is 0 Å². The molecule has 0 bridgehead atoms. The fraction of sp³-hybridized carbons (Fsp3) is 0.300. The molecule has 0 radical (unpaired) electrons. The van der Waals surface area contributed by atoms with E-state index in [9.17, 15) is 9.59 Å². The summed E-state index contributed by atoms with van der Waals surface area (Å²) in [7, 11) is 0. The second-order valence-electron chi connectivity index (χ2n) is 6.99. The Hall–Kier alpha value is -3.06. The molecule has 138 valence electrons. The molecular formula is C20H22N5O2+. The predicted octanol–water partition coefficient (Wildman–Crippen LogP) is -0.235. The van der Waals surface area contributed by atoms with Crippen LogP contribution in [0.5, 0.6) is 0 Å². The van der Waals surface area contributed by atoms with E-state index in [0.717, 1.165) is 30.7 Å². The molecule has 4 rings (SSSR count). The van der Waals surface area contributed by atoms with E-state index < -0.39 is 0 Å². The van der Waals surface area contributed by atoms with E-state index in [-0.39, 0.29) is 24.1 Å². The van der Waals surface area contributed by atoms with Gasteiger partial charge in [0.2, 0.25) is 5.91 Å². The first kappa shape index (κ1) is 17.4. The van der Waals surface area contributed by atoms with E-state index in [1.54, 1.807) is 24.3 Å². The van der Waals surface area contributed by atoms with Crippen molar-refractivity contribution in [2.45, 2.75) is 25.6 Å². The molecule has 2 N–H and O–H groups in total. The van der Waals surface area contributed by atoms with Gasteiger partial charge in [0.15, 0.2) is 0 Å². The van der Waals surface area contributed by atoms with Crippen molar-refractivity contribution in [3.05, 3.63) is 70.5 Å². The standard InChI is InChI=1S/C20H21N5O2/c26-19(14-25-20(27)17-8-4-5-9-18(17)22-23-25)21-16-10-11-24(13-16)12-15-6-2-1-3-7-15/h1-9,16H,10-14H2,(H,21,26)/p+1/t16-/m1/s1. The molecular weight excluding hydrogens is 342 g/mol. The lowest BCUT2D eigenvalue weighted by Crippen LogP contribution is -3.09. The van der Waals surface area contributed by atoms with Crippen LogP contribution >= 0.6 is 0 Å². The minimum Gasteiger partial charge on any atom is -0.346 e.